The Morgan fingerprint density at radius 2 is 2.03 bits per heavy atom. The lowest BCUT2D eigenvalue weighted by atomic mass is 9.93. The monoisotopic (exact) mass is 484 g/mol. The first kappa shape index (κ1) is 22.8. The summed E-state index contributed by atoms with van der Waals surface area (Å²) in [7, 11) is 1.35. The molecule has 0 radical (unpaired) electrons. The van der Waals surface area contributed by atoms with Gasteiger partial charge in [-0.05, 0) is 31.9 Å². The zero-order chi connectivity index (χ0) is 24.9. The maximum atomic E-state index is 14.4. The fourth-order valence-electron chi connectivity index (χ4n) is 4.77. The Morgan fingerprint density at radius 1 is 1.23 bits per heavy atom. The third kappa shape index (κ3) is 3.96. The fraction of sp³-hybridized carbons (Fsp3) is 0.292. The molecule has 2 unspecified atom stereocenters. The molecule has 0 bridgehead atoms. The number of halogens is 3. The van der Waals surface area contributed by atoms with Gasteiger partial charge in [0, 0.05) is 35.8 Å². The van der Waals surface area contributed by atoms with Gasteiger partial charge in [0.2, 0.25) is 5.88 Å². The molecule has 3 heterocycles. The van der Waals surface area contributed by atoms with Crippen molar-refractivity contribution in [1.82, 2.24) is 20.3 Å². The van der Waals surface area contributed by atoms with E-state index in [9.17, 15) is 18.0 Å². The summed E-state index contributed by atoms with van der Waals surface area (Å²) >= 11 is 0. The van der Waals surface area contributed by atoms with Crippen LogP contribution >= 0.6 is 0 Å². The molecular weight excluding hydrogens is 461 g/mol. The van der Waals surface area contributed by atoms with Crippen LogP contribution in [0, 0.1) is 24.4 Å². The molecule has 1 aliphatic heterocycles. The van der Waals surface area contributed by atoms with Gasteiger partial charge in [-0.2, -0.15) is 0 Å². The number of anilines is 1. The van der Waals surface area contributed by atoms with Gasteiger partial charge >= 0.3 is 6.03 Å². The van der Waals surface area contributed by atoms with E-state index in [1.165, 1.54) is 7.11 Å². The highest BCUT2D eigenvalue weighted by atomic mass is 19.2. The van der Waals surface area contributed by atoms with E-state index in [2.05, 4.69) is 31.2 Å². The molecule has 5 rings (SSSR count). The van der Waals surface area contributed by atoms with E-state index in [4.69, 9.17) is 10.5 Å². The Labute approximate surface area is 198 Å². The van der Waals surface area contributed by atoms with Crippen molar-refractivity contribution in [3.05, 3.63) is 59.2 Å². The number of nitrogens with two attached hydrogens (primary N) is 1. The van der Waals surface area contributed by atoms with Gasteiger partial charge in [0.05, 0.1) is 24.4 Å². The molecule has 8 nitrogen and oxygen atoms in total. The van der Waals surface area contributed by atoms with Crippen LogP contribution in [0.5, 0.6) is 5.88 Å². The number of hydrogen-bond donors (Lipinski definition) is 3. The minimum Gasteiger partial charge on any atom is -0.480 e. The van der Waals surface area contributed by atoms with Crippen LogP contribution in [0.1, 0.15) is 30.1 Å². The van der Waals surface area contributed by atoms with Crippen molar-refractivity contribution in [2.45, 2.75) is 31.8 Å². The summed E-state index contributed by atoms with van der Waals surface area (Å²) in [5, 5.41) is 3.73. The summed E-state index contributed by atoms with van der Waals surface area (Å²) in [5.41, 5.74) is 8.02. The predicted octanol–water partition coefficient (Wildman–Crippen LogP) is 4.22. The van der Waals surface area contributed by atoms with Crippen LogP contribution in [0.15, 0.2) is 30.5 Å². The number of primary amides is 1. The molecule has 11 heteroatoms. The van der Waals surface area contributed by atoms with Crippen LogP contribution in [0.3, 0.4) is 0 Å². The number of aromatic amines is 1. The van der Waals surface area contributed by atoms with Gasteiger partial charge in [0.1, 0.15) is 11.2 Å². The number of rotatable bonds is 4. The maximum absolute atomic E-state index is 14.4. The van der Waals surface area contributed by atoms with E-state index in [-0.39, 0.29) is 17.4 Å². The number of aromatic nitrogens is 3. The lowest BCUT2D eigenvalue weighted by molar-refractivity contribution is 0.240. The normalized spacial score (nSPS) is 18.3. The standard InChI is InChI=1S/C24H23F3N6O2/c1-11-3-4-15-13(7-11)18(10-29-15)33-6-5-12(30-24(28)34)8-17(33)22-23(35-2)32-21-16(31-22)9-14(25)19(26)20(21)27/h3-4,7,9-10,12,17,29H,5-6,8H2,1-2H3,(H3,28,30,34). The second-order valence-corrected chi connectivity index (χ2v) is 8.63. The van der Waals surface area contributed by atoms with Crippen molar-refractivity contribution in [2.24, 2.45) is 5.73 Å². The first-order chi connectivity index (χ1) is 16.8. The van der Waals surface area contributed by atoms with Crippen LogP contribution in [0.4, 0.5) is 23.7 Å². The van der Waals surface area contributed by atoms with Gasteiger partial charge in [-0.15, -0.1) is 0 Å². The van der Waals surface area contributed by atoms with Gasteiger partial charge in [0.25, 0.3) is 0 Å². The Kier molecular flexibility index (Phi) is 5.62. The number of nitrogens with zero attached hydrogens (tertiary/aromatic N) is 3. The largest absolute Gasteiger partial charge is 0.480 e. The summed E-state index contributed by atoms with van der Waals surface area (Å²) in [6.45, 7) is 2.52. The van der Waals surface area contributed by atoms with Crippen LogP contribution in [-0.4, -0.2) is 40.7 Å². The number of H-pyrrole nitrogens is 1. The predicted molar refractivity (Wildman–Crippen MR) is 125 cm³/mol. The van der Waals surface area contributed by atoms with E-state index in [1.54, 1.807) is 0 Å². The Hall–Kier alpha value is -4.02. The second-order valence-electron chi connectivity index (χ2n) is 8.63. The lowest BCUT2D eigenvalue weighted by Crippen LogP contribution is -2.48. The molecule has 35 heavy (non-hydrogen) atoms. The zero-order valence-electron chi connectivity index (χ0n) is 19.0. The molecule has 1 aliphatic rings. The first-order valence-electron chi connectivity index (χ1n) is 11.1. The third-order valence-corrected chi connectivity index (χ3v) is 6.37. The number of aryl methyl sites for hydroxylation is 1. The minimum atomic E-state index is -1.62. The molecule has 0 aliphatic carbocycles. The van der Waals surface area contributed by atoms with Crippen molar-refractivity contribution in [2.75, 3.05) is 18.6 Å². The van der Waals surface area contributed by atoms with E-state index >= 15 is 0 Å². The van der Waals surface area contributed by atoms with Gasteiger partial charge in [0.15, 0.2) is 17.5 Å². The summed E-state index contributed by atoms with van der Waals surface area (Å²) in [6, 6.07) is 5.44. The number of ether oxygens (including phenoxy) is 1. The maximum Gasteiger partial charge on any atom is 0.312 e. The molecule has 182 valence electrons. The number of methoxy groups -OCH3 is 1. The highest BCUT2D eigenvalue weighted by molar-refractivity contribution is 5.93. The van der Waals surface area contributed by atoms with Crippen molar-refractivity contribution in [3.8, 4) is 5.88 Å². The van der Waals surface area contributed by atoms with Crippen molar-refractivity contribution in [3.63, 3.8) is 0 Å². The Morgan fingerprint density at radius 3 is 2.77 bits per heavy atom. The Bertz CT molecular complexity index is 1460. The molecule has 1 fully saturated rings. The number of amides is 2. The molecule has 2 aromatic heterocycles. The smallest absolute Gasteiger partial charge is 0.312 e. The molecule has 2 amide bonds. The van der Waals surface area contributed by atoms with Gasteiger partial charge in [-0.3, -0.25) is 0 Å². The molecule has 2 aromatic carbocycles. The van der Waals surface area contributed by atoms with E-state index < -0.39 is 35.0 Å². The van der Waals surface area contributed by atoms with Crippen LogP contribution in [-0.2, 0) is 0 Å². The lowest BCUT2D eigenvalue weighted by Gasteiger charge is -2.40. The number of carbonyl (C=O) groups excluding carboxylic acids is 1. The fourth-order valence-corrected chi connectivity index (χ4v) is 4.77. The topological polar surface area (TPSA) is 109 Å². The minimum absolute atomic E-state index is 0.0202. The van der Waals surface area contributed by atoms with Crippen LogP contribution < -0.4 is 20.7 Å². The highest BCUT2D eigenvalue weighted by Crippen LogP contribution is 2.41. The van der Waals surface area contributed by atoms with Crippen molar-refractivity contribution in [1.29, 1.82) is 0 Å². The number of benzene rings is 2. The third-order valence-electron chi connectivity index (χ3n) is 6.37. The summed E-state index contributed by atoms with van der Waals surface area (Å²) in [6.07, 6.45) is 2.87. The average Bonchev–Trinajstić information content (AvgIpc) is 3.24. The van der Waals surface area contributed by atoms with E-state index in [0.29, 0.717) is 25.1 Å². The first-order valence-corrected chi connectivity index (χ1v) is 11.1. The molecule has 4 N–H and O–H groups in total. The quantitative estimate of drug-likeness (QED) is 0.376. The SMILES string of the molecule is COc1nc2c(F)c(F)c(F)cc2nc1C1CC(NC(N)=O)CCN1c1c[nH]c2ccc(C)cc12. The summed E-state index contributed by atoms with van der Waals surface area (Å²) in [4.78, 5) is 25.5. The molecule has 0 spiro atoms. The van der Waals surface area contributed by atoms with Gasteiger partial charge < -0.3 is 25.7 Å². The number of urea groups is 1. The molecular formula is C24H23F3N6O2. The molecule has 0 saturated carbocycles. The second kappa shape index (κ2) is 8.64. The van der Waals surface area contributed by atoms with Crippen molar-refractivity contribution < 1.29 is 22.7 Å². The zero-order valence-corrected chi connectivity index (χ0v) is 19.0. The number of fused-ring (bicyclic) bond motifs is 2. The molecule has 1 saturated heterocycles. The number of hydrogen-bond acceptors (Lipinski definition) is 5. The van der Waals surface area contributed by atoms with Gasteiger partial charge in [-0.25, -0.2) is 27.9 Å². The average molecular weight is 484 g/mol. The summed E-state index contributed by atoms with van der Waals surface area (Å²) < 4.78 is 47.7. The van der Waals surface area contributed by atoms with Gasteiger partial charge in [-0.1, -0.05) is 11.6 Å². The van der Waals surface area contributed by atoms with Crippen LogP contribution in [0.25, 0.3) is 21.9 Å². The molecule has 2 atom stereocenters. The Balaban J connectivity index is 1.68. The van der Waals surface area contributed by atoms with E-state index in [0.717, 1.165) is 28.2 Å². The van der Waals surface area contributed by atoms with E-state index in [1.807, 2.05) is 25.3 Å². The number of piperidine rings is 1. The van der Waals surface area contributed by atoms with Crippen LogP contribution in [0.2, 0.25) is 0 Å². The number of nitrogens with one attached hydrogen (secondary N) is 2. The highest BCUT2D eigenvalue weighted by Gasteiger charge is 2.35. The summed E-state index contributed by atoms with van der Waals surface area (Å²) in [5.74, 6) is -4.44. The molecule has 4 aromatic rings. The number of carbonyl (C=O) groups is 1. The van der Waals surface area contributed by atoms with Crippen molar-refractivity contribution >= 4 is 33.7 Å².